The second kappa shape index (κ2) is 3.76. The van der Waals surface area contributed by atoms with E-state index in [0.717, 1.165) is 0 Å². The molecule has 7 nitrogen and oxygen atoms in total. The Hall–Kier alpha value is -1.60. The number of hydrogen-bond donors (Lipinski definition) is 3. The molecule has 1 aliphatic heterocycles. The molecule has 1 aromatic rings. The van der Waals surface area contributed by atoms with Gasteiger partial charge in [-0.15, -0.1) is 0 Å². The molecule has 0 radical (unpaired) electrons. The van der Waals surface area contributed by atoms with Gasteiger partial charge in [0.25, 0.3) is 5.56 Å². The molecule has 4 N–H and O–H groups in total. The zero-order chi connectivity index (χ0) is 11.9. The first-order valence-electron chi connectivity index (χ1n) is 4.93. The lowest BCUT2D eigenvalue weighted by molar-refractivity contribution is -0.0100. The number of nitrogen functional groups attached to an aromatic ring is 1. The summed E-state index contributed by atoms with van der Waals surface area (Å²) >= 11 is 0. The summed E-state index contributed by atoms with van der Waals surface area (Å²) in [5.74, 6) is 0. The number of nitrogens with zero attached hydrogens (tertiary/aromatic N) is 1. The third-order valence-corrected chi connectivity index (χ3v) is 2.66. The maximum Gasteiger partial charge on any atom is 0.330 e. The monoisotopic (exact) mass is 227 g/mol. The van der Waals surface area contributed by atoms with Crippen LogP contribution in [-0.4, -0.2) is 26.9 Å². The Kier molecular flexibility index (Phi) is 2.56. The van der Waals surface area contributed by atoms with Crippen molar-refractivity contribution in [3.8, 4) is 0 Å². The minimum Gasteiger partial charge on any atom is -0.393 e. The first-order chi connectivity index (χ1) is 7.49. The Bertz CT molecular complexity index is 496. The van der Waals surface area contributed by atoms with Gasteiger partial charge in [0.15, 0.2) is 0 Å². The molecule has 1 aromatic heterocycles. The summed E-state index contributed by atoms with van der Waals surface area (Å²) in [7, 11) is 0. The second-order valence-corrected chi connectivity index (χ2v) is 3.85. The second-order valence-electron chi connectivity index (χ2n) is 3.85. The summed E-state index contributed by atoms with van der Waals surface area (Å²) in [6, 6.07) is 0. The Morgan fingerprint density at radius 2 is 2.31 bits per heavy atom. The molecule has 0 amide bonds. The van der Waals surface area contributed by atoms with Crippen molar-refractivity contribution in [3.63, 3.8) is 0 Å². The van der Waals surface area contributed by atoms with Crippen molar-refractivity contribution in [2.75, 3.05) is 5.73 Å². The number of anilines is 1. The summed E-state index contributed by atoms with van der Waals surface area (Å²) in [6.07, 6.45) is -0.0184. The Balaban J connectivity index is 2.39. The molecule has 3 atom stereocenters. The van der Waals surface area contributed by atoms with E-state index in [-0.39, 0.29) is 11.8 Å². The van der Waals surface area contributed by atoms with Crippen LogP contribution in [0.4, 0.5) is 5.69 Å². The molecule has 1 fully saturated rings. The van der Waals surface area contributed by atoms with Crippen LogP contribution in [0.5, 0.6) is 0 Å². The van der Waals surface area contributed by atoms with Gasteiger partial charge in [0.2, 0.25) is 0 Å². The van der Waals surface area contributed by atoms with E-state index in [1.165, 1.54) is 10.8 Å². The predicted octanol–water partition coefficient (Wildman–Crippen LogP) is -1.21. The number of nitrogens with one attached hydrogen (secondary N) is 1. The van der Waals surface area contributed by atoms with Crippen LogP contribution < -0.4 is 17.0 Å². The largest absolute Gasteiger partial charge is 0.393 e. The summed E-state index contributed by atoms with van der Waals surface area (Å²) in [6.45, 7) is 1.71. The molecule has 0 unspecified atom stereocenters. The van der Waals surface area contributed by atoms with E-state index in [4.69, 9.17) is 10.5 Å². The SMILES string of the molecule is C[C@H]1O[C@@H](n2cc(N)c(=O)[nH]c2=O)C[C@@H]1O. The molecule has 88 valence electrons. The van der Waals surface area contributed by atoms with E-state index in [1.54, 1.807) is 6.92 Å². The molecular formula is C9H13N3O4. The highest BCUT2D eigenvalue weighted by Gasteiger charge is 2.32. The van der Waals surface area contributed by atoms with E-state index in [2.05, 4.69) is 4.98 Å². The van der Waals surface area contributed by atoms with Crippen LogP contribution in [0.3, 0.4) is 0 Å². The van der Waals surface area contributed by atoms with Gasteiger partial charge in [0, 0.05) is 12.6 Å². The van der Waals surface area contributed by atoms with Gasteiger partial charge in [-0.1, -0.05) is 0 Å². The van der Waals surface area contributed by atoms with Gasteiger partial charge < -0.3 is 15.6 Å². The van der Waals surface area contributed by atoms with Crippen molar-refractivity contribution in [2.24, 2.45) is 0 Å². The van der Waals surface area contributed by atoms with Gasteiger partial charge in [0.05, 0.1) is 12.2 Å². The lowest BCUT2D eigenvalue weighted by Gasteiger charge is -2.13. The maximum atomic E-state index is 11.5. The zero-order valence-electron chi connectivity index (χ0n) is 8.71. The normalized spacial score (nSPS) is 29.5. The molecule has 1 saturated heterocycles. The van der Waals surface area contributed by atoms with Gasteiger partial charge in [-0.2, -0.15) is 0 Å². The third kappa shape index (κ3) is 1.74. The van der Waals surface area contributed by atoms with Gasteiger partial charge >= 0.3 is 5.69 Å². The van der Waals surface area contributed by atoms with Crippen molar-refractivity contribution in [2.45, 2.75) is 31.8 Å². The van der Waals surface area contributed by atoms with Crippen molar-refractivity contribution in [3.05, 3.63) is 27.0 Å². The van der Waals surface area contributed by atoms with Crippen LogP contribution in [0.2, 0.25) is 0 Å². The zero-order valence-corrected chi connectivity index (χ0v) is 8.71. The van der Waals surface area contributed by atoms with E-state index in [9.17, 15) is 14.7 Å². The predicted molar refractivity (Wildman–Crippen MR) is 55.9 cm³/mol. The molecule has 1 aliphatic rings. The van der Waals surface area contributed by atoms with Crippen LogP contribution in [-0.2, 0) is 4.74 Å². The number of rotatable bonds is 1. The maximum absolute atomic E-state index is 11.5. The summed E-state index contributed by atoms with van der Waals surface area (Å²) < 4.78 is 6.55. The van der Waals surface area contributed by atoms with Crippen molar-refractivity contribution < 1.29 is 9.84 Å². The average molecular weight is 227 g/mol. The van der Waals surface area contributed by atoms with Gasteiger partial charge in [-0.05, 0) is 6.92 Å². The van der Waals surface area contributed by atoms with Crippen LogP contribution in [0.15, 0.2) is 15.8 Å². The molecule has 0 spiro atoms. The molecule has 2 heterocycles. The smallest absolute Gasteiger partial charge is 0.330 e. The summed E-state index contributed by atoms with van der Waals surface area (Å²) in [5.41, 5.74) is 4.14. The lowest BCUT2D eigenvalue weighted by Crippen LogP contribution is -2.33. The number of hydrogen-bond acceptors (Lipinski definition) is 5. The molecule has 0 aromatic carbocycles. The van der Waals surface area contributed by atoms with Gasteiger partial charge in [0.1, 0.15) is 11.9 Å². The van der Waals surface area contributed by atoms with E-state index in [1.807, 2.05) is 0 Å². The molecule has 0 bridgehead atoms. The fourth-order valence-corrected chi connectivity index (χ4v) is 1.69. The van der Waals surface area contributed by atoms with E-state index in [0.29, 0.717) is 6.42 Å². The highest BCUT2D eigenvalue weighted by atomic mass is 16.5. The van der Waals surface area contributed by atoms with Crippen LogP contribution in [0, 0.1) is 0 Å². The van der Waals surface area contributed by atoms with Crippen molar-refractivity contribution in [1.82, 2.24) is 9.55 Å². The fraction of sp³-hybridized carbons (Fsp3) is 0.556. The van der Waals surface area contributed by atoms with Gasteiger partial charge in [-0.25, -0.2) is 4.79 Å². The van der Waals surface area contributed by atoms with Crippen LogP contribution in [0.1, 0.15) is 19.6 Å². The van der Waals surface area contributed by atoms with Crippen LogP contribution in [0.25, 0.3) is 0 Å². The average Bonchev–Trinajstić information content (AvgIpc) is 2.53. The Morgan fingerprint density at radius 1 is 1.62 bits per heavy atom. The number of aromatic amines is 1. The number of aliphatic hydroxyl groups is 1. The van der Waals surface area contributed by atoms with Crippen LogP contribution >= 0.6 is 0 Å². The number of ether oxygens (including phenoxy) is 1. The van der Waals surface area contributed by atoms with E-state index < -0.39 is 23.6 Å². The number of H-pyrrole nitrogens is 1. The molecule has 16 heavy (non-hydrogen) atoms. The molecule has 2 rings (SSSR count). The van der Waals surface area contributed by atoms with Gasteiger partial charge in [-0.3, -0.25) is 14.3 Å². The minimum absolute atomic E-state index is 0.0581. The topological polar surface area (TPSA) is 110 Å². The molecule has 7 heteroatoms. The first kappa shape index (κ1) is 10.9. The lowest BCUT2D eigenvalue weighted by atomic mass is 10.2. The number of aromatic nitrogens is 2. The Morgan fingerprint density at radius 3 is 2.88 bits per heavy atom. The molecule has 0 saturated carbocycles. The highest BCUT2D eigenvalue weighted by molar-refractivity contribution is 5.30. The van der Waals surface area contributed by atoms with E-state index >= 15 is 0 Å². The number of aliphatic hydroxyl groups excluding tert-OH is 1. The number of nitrogens with two attached hydrogens (primary N) is 1. The fourth-order valence-electron chi connectivity index (χ4n) is 1.69. The third-order valence-electron chi connectivity index (χ3n) is 2.66. The summed E-state index contributed by atoms with van der Waals surface area (Å²) in [4.78, 5) is 24.6. The summed E-state index contributed by atoms with van der Waals surface area (Å²) in [5, 5.41) is 9.50. The standard InChI is InChI=1S/C9H13N3O4/c1-4-6(13)2-7(16-4)12-3-5(10)8(14)11-9(12)15/h3-4,6-7,13H,2,10H2,1H3,(H,11,14,15)/t4-,6+,7-/m1/s1. The van der Waals surface area contributed by atoms with Crippen molar-refractivity contribution in [1.29, 1.82) is 0 Å². The minimum atomic E-state index is -0.620. The molecule has 0 aliphatic carbocycles. The Labute approximate surface area is 90.5 Å². The molecular weight excluding hydrogens is 214 g/mol. The highest BCUT2D eigenvalue weighted by Crippen LogP contribution is 2.26. The quantitative estimate of drug-likeness (QED) is 0.557. The van der Waals surface area contributed by atoms with Crippen molar-refractivity contribution >= 4 is 5.69 Å². The first-order valence-corrected chi connectivity index (χ1v) is 4.93.